The van der Waals surface area contributed by atoms with Crippen LogP contribution in [0.3, 0.4) is 0 Å². The molecule has 168 valence electrons. The standard InChI is InChI=1S/C24H31BrN2O4/c1-4-30-22-15-18(21(25)17-23(22)31-5-2)16-24(28)27-12-6-11-26(13-14-27)19-7-9-20(29-3)10-8-19/h7-10,15,17H,4-6,11-14,16H2,1-3H3. The fourth-order valence-electron chi connectivity index (χ4n) is 3.74. The van der Waals surface area contributed by atoms with E-state index in [9.17, 15) is 4.79 Å². The number of anilines is 1. The molecule has 0 aliphatic carbocycles. The van der Waals surface area contributed by atoms with Gasteiger partial charge < -0.3 is 24.0 Å². The number of hydrogen-bond donors (Lipinski definition) is 0. The van der Waals surface area contributed by atoms with Gasteiger partial charge in [-0.15, -0.1) is 0 Å². The second-order valence-electron chi connectivity index (χ2n) is 7.35. The molecule has 0 unspecified atom stereocenters. The lowest BCUT2D eigenvalue weighted by atomic mass is 10.1. The lowest BCUT2D eigenvalue weighted by Gasteiger charge is -2.24. The maximum absolute atomic E-state index is 13.1. The van der Waals surface area contributed by atoms with E-state index in [1.165, 1.54) is 0 Å². The number of carbonyl (C=O) groups is 1. The van der Waals surface area contributed by atoms with Crippen molar-refractivity contribution >= 4 is 27.5 Å². The van der Waals surface area contributed by atoms with Crippen LogP contribution in [-0.2, 0) is 11.2 Å². The summed E-state index contributed by atoms with van der Waals surface area (Å²) in [4.78, 5) is 17.4. The van der Waals surface area contributed by atoms with E-state index in [1.54, 1.807) is 7.11 Å². The highest BCUT2D eigenvalue weighted by Gasteiger charge is 2.21. The van der Waals surface area contributed by atoms with Crippen molar-refractivity contribution in [2.45, 2.75) is 26.7 Å². The molecule has 1 heterocycles. The van der Waals surface area contributed by atoms with Crippen molar-refractivity contribution in [3.05, 3.63) is 46.4 Å². The van der Waals surface area contributed by atoms with Crippen LogP contribution in [0, 0.1) is 0 Å². The molecule has 0 N–H and O–H groups in total. The van der Waals surface area contributed by atoms with Gasteiger partial charge in [0.2, 0.25) is 5.91 Å². The van der Waals surface area contributed by atoms with Crippen molar-refractivity contribution in [2.24, 2.45) is 0 Å². The van der Waals surface area contributed by atoms with Crippen LogP contribution in [-0.4, -0.2) is 57.3 Å². The first-order valence-electron chi connectivity index (χ1n) is 10.8. The summed E-state index contributed by atoms with van der Waals surface area (Å²) in [5.41, 5.74) is 2.07. The van der Waals surface area contributed by atoms with E-state index in [0.717, 1.165) is 47.5 Å². The number of ether oxygens (including phenoxy) is 3. The van der Waals surface area contributed by atoms with Crippen molar-refractivity contribution in [2.75, 3.05) is 51.4 Å². The molecular weight excluding hydrogens is 460 g/mol. The van der Waals surface area contributed by atoms with E-state index >= 15 is 0 Å². The Morgan fingerprint density at radius 2 is 1.65 bits per heavy atom. The summed E-state index contributed by atoms with van der Waals surface area (Å²) < 4.78 is 17.5. The third-order valence-corrected chi connectivity index (χ3v) is 6.08. The quantitative estimate of drug-likeness (QED) is 0.543. The molecule has 0 saturated carbocycles. The smallest absolute Gasteiger partial charge is 0.227 e. The normalized spacial score (nSPS) is 14.2. The molecule has 7 heteroatoms. The number of methoxy groups -OCH3 is 1. The van der Waals surface area contributed by atoms with Crippen LogP contribution in [0.4, 0.5) is 5.69 Å². The number of halogens is 1. The molecule has 0 radical (unpaired) electrons. The number of hydrogen-bond acceptors (Lipinski definition) is 5. The lowest BCUT2D eigenvalue weighted by Crippen LogP contribution is -2.36. The van der Waals surface area contributed by atoms with Gasteiger partial charge in [-0.2, -0.15) is 0 Å². The van der Waals surface area contributed by atoms with Crippen molar-refractivity contribution < 1.29 is 19.0 Å². The van der Waals surface area contributed by atoms with Crippen molar-refractivity contribution in [3.63, 3.8) is 0 Å². The largest absolute Gasteiger partial charge is 0.497 e. The molecule has 0 spiro atoms. The molecule has 0 bridgehead atoms. The van der Waals surface area contributed by atoms with E-state index in [2.05, 4.69) is 33.0 Å². The minimum absolute atomic E-state index is 0.129. The van der Waals surface area contributed by atoms with Crippen LogP contribution in [0.2, 0.25) is 0 Å². The Kier molecular flexibility index (Phi) is 8.46. The third kappa shape index (κ3) is 6.06. The molecule has 0 atom stereocenters. The van der Waals surface area contributed by atoms with Crippen LogP contribution < -0.4 is 19.1 Å². The van der Waals surface area contributed by atoms with Gasteiger partial charge in [-0.25, -0.2) is 0 Å². The second-order valence-corrected chi connectivity index (χ2v) is 8.21. The van der Waals surface area contributed by atoms with Crippen molar-refractivity contribution in [1.82, 2.24) is 4.90 Å². The van der Waals surface area contributed by atoms with Crippen molar-refractivity contribution in [3.8, 4) is 17.2 Å². The van der Waals surface area contributed by atoms with Crippen LogP contribution in [0.25, 0.3) is 0 Å². The zero-order chi connectivity index (χ0) is 22.2. The number of nitrogens with zero attached hydrogens (tertiary/aromatic N) is 2. The Morgan fingerprint density at radius 3 is 2.29 bits per heavy atom. The molecule has 2 aromatic carbocycles. The molecular formula is C24H31BrN2O4. The summed E-state index contributed by atoms with van der Waals surface area (Å²) in [6.45, 7) is 8.19. The Hall–Kier alpha value is -2.41. The number of benzene rings is 2. The van der Waals surface area contributed by atoms with Crippen LogP contribution in [0.1, 0.15) is 25.8 Å². The summed E-state index contributed by atoms with van der Waals surface area (Å²) in [6.07, 6.45) is 1.27. The van der Waals surface area contributed by atoms with Gasteiger partial charge in [0.15, 0.2) is 11.5 Å². The second kappa shape index (κ2) is 11.3. The first-order chi connectivity index (χ1) is 15.0. The van der Waals surface area contributed by atoms with Gasteiger partial charge in [0.1, 0.15) is 5.75 Å². The zero-order valence-corrected chi connectivity index (χ0v) is 20.1. The highest BCUT2D eigenvalue weighted by atomic mass is 79.9. The molecule has 1 aliphatic rings. The fraction of sp³-hybridized carbons (Fsp3) is 0.458. The Labute approximate surface area is 193 Å². The molecule has 1 amide bonds. The van der Waals surface area contributed by atoms with E-state index in [0.29, 0.717) is 37.7 Å². The maximum atomic E-state index is 13.1. The Morgan fingerprint density at radius 1 is 0.968 bits per heavy atom. The summed E-state index contributed by atoms with van der Waals surface area (Å²) in [7, 11) is 1.67. The summed E-state index contributed by atoms with van der Waals surface area (Å²) >= 11 is 3.60. The van der Waals surface area contributed by atoms with Crippen LogP contribution in [0.5, 0.6) is 17.2 Å². The van der Waals surface area contributed by atoms with Gasteiger partial charge in [0.05, 0.1) is 26.7 Å². The van der Waals surface area contributed by atoms with E-state index < -0.39 is 0 Å². The minimum atomic E-state index is 0.129. The first kappa shape index (κ1) is 23.3. The highest BCUT2D eigenvalue weighted by Crippen LogP contribution is 2.34. The summed E-state index contributed by atoms with van der Waals surface area (Å²) in [5.74, 6) is 2.35. The lowest BCUT2D eigenvalue weighted by molar-refractivity contribution is -0.130. The van der Waals surface area contributed by atoms with Gasteiger partial charge in [0, 0.05) is 36.3 Å². The molecule has 1 saturated heterocycles. The van der Waals surface area contributed by atoms with Crippen molar-refractivity contribution in [1.29, 1.82) is 0 Å². The highest BCUT2D eigenvalue weighted by molar-refractivity contribution is 9.10. The Balaban J connectivity index is 1.66. The van der Waals surface area contributed by atoms with Crippen LogP contribution in [0.15, 0.2) is 40.9 Å². The predicted molar refractivity (Wildman–Crippen MR) is 127 cm³/mol. The van der Waals surface area contributed by atoms with E-state index in [1.807, 2.05) is 43.0 Å². The molecule has 1 fully saturated rings. The van der Waals surface area contributed by atoms with Crippen LogP contribution >= 0.6 is 15.9 Å². The average Bonchev–Trinajstić information content (AvgIpc) is 3.03. The number of carbonyl (C=O) groups excluding carboxylic acids is 1. The van der Waals surface area contributed by atoms with Gasteiger partial charge in [-0.3, -0.25) is 4.79 Å². The summed E-state index contributed by atoms with van der Waals surface area (Å²) in [6, 6.07) is 11.9. The predicted octanol–water partition coefficient (Wildman–Crippen LogP) is 4.54. The molecule has 2 aromatic rings. The molecule has 0 aromatic heterocycles. The fourth-order valence-corrected chi connectivity index (χ4v) is 4.20. The molecule has 6 nitrogen and oxygen atoms in total. The SMILES string of the molecule is CCOc1cc(Br)c(CC(=O)N2CCCN(c3ccc(OC)cc3)CC2)cc1OCC. The maximum Gasteiger partial charge on any atom is 0.227 e. The number of rotatable bonds is 8. The average molecular weight is 491 g/mol. The molecule has 31 heavy (non-hydrogen) atoms. The first-order valence-corrected chi connectivity index (χ1v) is 11.6. The minimum Gasteiger partial charge on any atom is -0.497 e. The Bertz CT molecular complexity index is 873. The molecule has 3 rings (SSSR count). The number of amides is 1. The molecule has 1 aliphatic heterocycles. The monoisotopic (exact) mass is 490 g/mol. The zero-order valence-electron chi connectivity index (χ0n) is 18.5. The van der Waals surface area contributed by atoms with Gasteiger partial charge in [-0.1, -0.05) is 15.9 Å². The summed E-state index contributed by atoms with van der Waals surface area (Å²) in [5, 5.41) is 0. The van der Waals surface area contributed by atoms with E-state index in [4.69, 9.17) is 14.2 Å². The topological polar surface area (TPSA) is 51.2 Å². The van der Waals surface area contributed by atoms with Gasteiger partial charge >= 0.3 is 0 Å². The van der Waals surface area contributed by atoms with E-state index in [-0.39, 0.29) is 5.91 Å². The van der Waals surface area contributed by atoms with Gasteiger partial charge in [0.25, 0.3) is 0 Å². The van der Waals surface area contributed by atoms with Gasteiger partial charge in [-0.05, 0) is 62.2 Å². The third-order valence-electron chi connectivity index (χ3n) is 5.34.